The summed E-state index contributed by atoms with van der Waals surface area (Å²) in [6.45, 7) is 0.492. The summed E-state index contributed by atoms with van der Waals surface area (Å²) in [4.78, 5) is 25.3. The Bertz CT molecular complexity index is 625. The van der Waals surface area contributed by atoms with Crippen LogP contribution in [0.15, 0.2) is 41.8 Å². The largest absolute Gasteiger partial charge is 0.465 e. The zero-order chi connectivity index (χ0) is 15.2. The monoisotopic (exact) mass is 304 g/mol. The maximum Gasteiger partial charge on any atom is 0.340 e. The number of carbonyl (C=O) groups excluding carboxylic acids is 2. The summed E-state index contributed by atoms with van der Waals surface area (Å²) >= 11 is 1.29. The van der Waals surface area contributed by atoms with E-state index in [-0.39, 0.29) is 6.03 Å². The van der Waals surface area contributed by atoms with Gasteiger partial charge in [0.25, 0.3) is 0 Å². The Morgan fingerprint density at radius 2 is 1.95 bits per heavy atom. The van der Waals surface area contributed by atoms with E-state index in [0.29, 0.717) is 17.1 Å². The molecule has 1 aromatic heterocycles. The van der Waals surface area contributed by atoms with Crippen molar-refractivity contribution in [2.75, 3.05) is 19.5 Å². The van der Waals surface area contributed by atoms with Gasteiger partial charge in [-0.2, -0.15) is 0 Å². The van der Waals surface area contributed by atoms with E-state index in [1.54, 1.807) is 23.4 Å². The van der Waals surface area contributed by atoms with Crippen LogP contribution in [0.1, 0.15) is 15.9 Å². The molecule has 1 heterocycles. The molecule has 2 amide bonds. The van der Waals surface area contributed by atoms with Gasteiger partial charge in [-0.15, -0.1) is 11.3 Å². The first-order chi connectivity index (χ1) is 10.1. The van der Waals surface area contributed by atoms with Gasteiger partial charge in [0.15, 0.2) is 0 Å². The molecule has 6 heteroatoms. The van der Waals surface area contributed by atoms with E-state index in [2.05, 4.69) is 10.1 Å². The van der Waals surface area contributed by atoms with Gasteiger partial charge in [0.05, 0.1) is 12.7 Å². The van der Waals surface area contributed by atoms with Crippen LogP contribution in [-0.4, -0.2) is 31.1 Å². The normalized spacial score (nSPS) is 10.0. The molecule has 0 bridgehead atoms. The second-order valence-electron chi connectivity index (χ2n) is 4.43. The van der Waals surface area contributed by atoms with Crippen molar-refractivity contribution in [1.29, 1.82) is 0 Å². The maximum absolute atomic E-state index is 12.1. The molecule has 1 N–H and O–H groups in total. The molecule has 2 aromatic rings. The number of hydrogen-bond acceptors (Lipinski definition) is 4. The maximum atomic E-state index is 12.1. The number of anilines is 1. The van der Waals surface area contributed by atoms with Crippen molar-refractivity contribution in [1.82, 2.24) is 4.90 Å². The molecule has 0 unspecified atom stereocenters. The SMILES string of the molecule is COC(=O)c1ccsc1NC(=O)N(C)Cc1ccccc1. The van der Waals surface area contributed by atoms with Crippen molar-refractivity contribution in [3.8, 4) is 0 Å². The molecule has 2 rings (SSSR count). The fraction of sp³-hybridized carbons (Fsp3) is 0.200. The molecule has 0 aliphatic rings. The highest BCUT2D eigenvalue weighted by Gasteiger charge is 2.17. The average Bonchev–Trinajstić information content (AvgIpc) is 2.95. The summed E-state index contributed by atoms with van der Waals surface area (Å²) in [6, 6.07) is 11.0. The molecule has 1 aromatic carbocycles. The van der Waals surface area contributed by atoms with Crippen molar-refractivity contribution < 1.29 is 14.3 Å². The van der Waals surface area contributed by atoms with Crippen molar-refractivity contribution in [2.24, 2.45) is 0 Å². The highest BCUT2D eigenvalue weighted by atomic mass is 32.1. The summed E-state index contributed by atoms with van der Waals surface area (Å²) in [6.07, 6.45) is 0. The molecule has 0 fully saturated rings. The van der Waals surface area contributed by atoms with E-state index >= 15 is 0 Å². The lowest BCUT2D eigenvalue weighted by Crippen LogP contribution is -2.31. The Hall–Kier alpha value is -2.34. The van der Waals surface area contributed by atoms with Gasteiger partial charge in [-0.1, -0.05) is 30.3 Å². The number of urea groups is 1. The van der Waals surface area contributed by atoms with Gasteiger partial charge < -0.3 is 9.64 Å². The number of thiophene rings is 1. The number of amides is 2. The first kappa shape index (κ1) is 15.1. The van der Waals surface area contributed by atoms with Gasteiger partial charge in [-0.25, -0.2) is 9.59 Å². The van der Waals surface area contributed by atoms with Gasteiger partial charge in [0, 0.05) is 13.6 Å². The van der Waals surface area contributed by atoms with Crippen LogP contribution in [0.2, 0.25) is 0 Å². The minimum Gasteiger partial charge on any atom is -0.465 e. The minimum absolute atomic E-state index is 0.272. The number of carbonyl (C=O) groups is 2. The number of esters is 1. The Balaban J connectivity index is 2.01. The summed E-state index contributed by atoms with van der Waals surface area (Å²) in [7, 11) is 3.01. The van der Waals surface area contributed by atoms with Gasteiger partial charge in [-0.3, -0.25) is 5.32 Å². The van der Waals surface area contributed by atoms with Gasteiger partial charge in [0.1, 0.15) is 5.00 Å². The Labute approximate surface area is 127 Å². The summed E-state index contributed by atoms with van der Waals surface area (Å²) < 4.78 is 4.68. The summed E-state index contributed by atoms with van der Waals surface area (Å²) in [5, 5.41) is 4.96. The Morgan fingerprint density at radius 1 is 1.24 bits per heavy atom. The first-order valence-electron chi connectivity index (χ1n) is 6.33. The van der Waals surface area contributed by atoms with Crippen LogP contribution in [-0.2, 0) is 11.3 Å². The van der Waals surface area contributed by atoms with E-state index in [9.17, 15) is 9.59 Å². The number of hydrogen-bond donors (Lipinski definition) is 1. The molecular formula is C15H16N2O3S. The number of ether oxygens (including phenoxy) is 1. The standard InChI is InChI=1S/C15H16N2O3S/c1-17(10-11-6-4-3-5-7-11)15(19)16-13-12(8-9-21-13)14(18)20-2/h3-9H,10H2,1-2H3,(H,16,19). The van der Waals surface area contributed by atoms with E-state index in [0.717, 1.165) is 5.56 Å². The lowest BCUT2D eigenvalue weighted by molar-refractivity contribution is 0.0602. The third-order valence-corrected chi connectivity index (χ3v) is 3.73. The summed E-state index contributed by atoms with van der Waals surface area (Å²) in [5.74, 6) is -0.461. The molecule has 0 radical (unpaired) electrons. The zero-order valence-electron chi connectivity index (χ0n) is 11.8. The highest BCUT2D eigenvalue weighted by Crippen LogP contribution is 2.24. The second kappa shape index (κ2) is 6.90. The third-order valence-electron chi connectivity index (χ3n) is 2.90. The fourth-order valence-electron chi connectivity index (χ4n) is 1.80. The molecular weight excluding hydrogens is 288 g/mol. The van der Waals surface area contributed by atoms with Crippen molar-refractivity contribution >= 4 is 28.3 Å². The highest BCUT2D eigenvalue weighted by molar-refractivity contribution is 7.14. The Kier molecular flexibility index (Phi) is 4.94. The lowest BCUT2D eigenvalue weighted by atomic mass is 10.2. The van der Waals surface area contributed by atoms with Crippen LogP contribution in [0.3, 0.4) is 0 Å². The van der Waals surface area contributed by atoms with Gasteiger partial charge in [-0.05, 0) is 17.0 Å². The van der Waals surface area contributed by atoms with Crippen LogP contribution < -0.4 is 5.32 Å². The first-order valence-corrected chi connectivity index (χ1v) is 7.21. The topological polar surface area (TPSA) is 58.6 Å². The molecule has 0 spiro atoms. The molecule has 0 aliphatic heterocycles. The number of rotatable bonds is 4. The Morgan fingerprint density at radius 3 is 2.62 bits per heavy atom. The quantitative estimate of drug-likeness (QED) is 0.882. The molecule has 0 saturated carbocycles. The molecule has 0 atom stereocenters. The van der Waals surface area contributed by atoms with E-state index in [1.165, 1.54) is 18.4 Å². The van der Waals surface area contributed by atoms with Gasteiger partial charge >= 0.3 is 12.0 Å². The van der Waals surface area contributed by atoms with Crippen molar-refractivity contribution in [2.45, 2.75) is 6.54 Å². The molecule has 21 heavy (non-hydrogen) atoms. The van der Waals surface area contributed by atoms with Crippen LogP contribution in [0, 0.1) is 0 Å². The zero-order valence-corrected chi connectivity index (χ0v) is 12.6. The third kappa shape index (κ3) is 3.82. The van der Waals surface area contributed by atoms with E-state index in [4.69, 9.17) is 0 Å². The number of nitrogens with one attached hydrogen (secondary N) is 1. The molecule has 110 valence electrons. The van der Waals surface area contributed by atoms with Crippen LogP contribution in [0.4, 0.5) is 9.80 Å². The number of benzene rings is 1. The second-order valence-corrected chi connectivity index (χ2v) is 5.34. The lowest BCUT2D eigenvalue weighted by Gasteiger charge is -2.17. The van der Waals surface area contributed by atoms with Crippen LogP contribution >= 0.6 is 11.3 Å². The van der Waals surface area contributed by atoms with Crippen molar-refractivity contribution in [3.05, 3.63) is 52.9 Å². The average molecular weight is 304 g/mol. The number of methoxy groups -OCH3 is 1. The fourth-order valence-corrected chi connectivity index (χ4v) is 2.56. The molecule has 0 saturated heterocycles. The van der Waals surface area contributed by atoms with E-state index in [1.807, 2.05) is 30.3 Å². The van der Waals surface area contributed by atoms with Gasteiger partial charge in [0.2, 0.25) is 0 Å². The predicted octanol–water partition coefficient (Wildman–Crippen LogP) is 3.20. The summed E-state index contributed by atoms with van der Waals surface area (Å²) in [5.41, 5.74) is 1.40. The van der Waals surface area contributed by atoms with Crippen LogP contribution in [0.25, 0.3) is 0 Å². The molecule has 0 aliphatic carbocycles. The predicted molar refractivity (Wildman–Crippen MR) is 82.6 cm³/mol. The smallest absolute Gasteiger partial charge is 0.340 e. The van der Waals surface area contributed by atoms with Crippen molar-refractivity contribution in [3.63, 3.8) is 0 Å². The van der Waals surface area contributed by atoms with E-state index < -0.39 is 5.97 Å². The number of nitrogens with zero attached hydrogens (tertiary/aromatic N) is 1. The molecule has 5 nitrogen and oxygen atoms in total. The minimum atomic E-state index is -0.461. The van der Waals surface area contributed by atoms with Crippen LogP contribution in [0.5, 0.6) is 0 Å².